The van der Waals surface area contributed by atoms with Crippen LogP contribution in [0.15, 0.2) is 30.6 Å². The van der Waals surface area contributed by atoms with Gasteiger partial charge in [-0.2, -0.15) is 0 Å². The highest BCUT2D eigenvalue weighted by molar-refractivity contribution is 5.40. The molecule has 94 valence electrons. The average molecular weight is 245 g/mol. The van der Waals surface area contributed by atoms with Gasteiger partial charge in [-0.3, -0.25) is 4.98 Å². The van der Waals surface area contributed by atoms with Crippen LogP contribution in [-0.2, 0) is 6.54 Å². The number of methoxy groups -OCH3 is 1. The molecule has 0 saturated heterocycles. The lowest BCUT2D eigenvalue weighted by molar-refractivity contribution is 0.405. The minimum absolute atomic E-state index is 0.424. The van der Waals surface area contributed by atoms with Crippen LogP contribution in [0.3, 0.4) is 0 Å². The number of nitrogens with two attached hydrogens (primary N) is 1. The first-order valence-corrected chi connectivity index (χ1v) is 5.56. The molecule has 2 N–H and O–H groups in total. The Morgan fingerprint density at radius 3 is 2.50 bits per heavy atom. The Morgan fingerprint density at radius 2 is 1.83 bits per heavy atom. The average Bonchev–Trinajstić information content (AvgIpc) is 2.41. The first-order valence-electron chi connectivity index (χ1n) is 5.56. The molecule has 0 aliphatic rings. The summed E-state index contributed by atoms with van der Waals surface area (Å²) >= 11 is 0. The minimum atomic E-state index is 0.424. The maximum Gasteiger partial charge on any atom is 0.240 e. The molecule has 0 aliphatic heterocycles. The molecule has 18 heavy (non-hydrogen) atoms. The molecular weight excluding hydrogens is 230 g/mol. The van der Waals surface area contributed by atoms with Gasteiger partial charge in [0.1, 0.15) is 11.5 Å². The first kappa shape index (κ1) is 12.3. The molecule has 1 aromatic heterocycles. The lowest BCUT2D eigenvalue weighted by atomic mass is 10.2. The van der Waals surface area contributed by atoms with Crippen LogP contribution in [-0.4, -0.2) is 17.1 Å². The van der Waals surface area contributed by atoms with Crippen molar-refractivity contribution in [3.8, 4) is 17.4 Å². The van der Waals surface area contributed by atoms with Crippen molar-refractivity contribution in [2.24, 2.45) is 5.73 Å². The van der Waals surface area contributed by atoms with E-state index in [9.17, 15) is 0 Å². The first-order chi connectivity index (χ1) is 8.72. The maximum atomic E-state index is 5.68. The van der Waals surface area contributed by atoms with Gasteiger partial charge in [0.05, 0.1) is 12.8 Å². The fourth-order valence-electron chi connectivity index (χ4n) is 1.53. The Labute approximate surface area is 106 Å². The van der Waals surface area contributed by atoms with Crippen molar-refractivity contribution in [1.29, 1.82) is 0 Å². The van der Waals surface area contributed by atoms with Gasteiger partial charge in [0.15, 0.2) is 0 Å². The number of hydrogen-bond donors (Lipinski definition) is 1. The lowest BCUT2D eigenvalue weighted by Gasteiger charge is -2.09. The molecule has 0 amide bonds. The number of ether oxygens (including phenoxy) is 2. The third-order valence-corrected chi connectivity index (χ3v) is 2.46. The van der Waals surface area contributed by atoms with Crippen LogP contribution < -0.4 is 15.2 Å². The summed E-state index contributed by atoms with van der Waals surface area (Å²) in [5.41, 5.74) is 7.29. The molecule has 0 aliphatic carbocycles. The molecule has 0 saturated carbocycles. The molecule has 1 heterocycles. The normalized spacial score (nSPS) is 10.2. The quantitative estimate of drug-likeness (QED) is 0.892. The van der Waals surface area contributed by atoms with Crippen molar-refractivity contribution >= 4 is 0 Å². The van der Waals surface area contributed by atoms with Crippen LogP contribution >= 0.6 is 0 Å². The van der Waals surface area contributed by atoms with Gasteiger partial charge >= 0.3 is 0 Å². The fourth-order valence-corrected chi connectivity index (χ4v) is 1.53. The second-order valence-electron chi connectivity index (χ2n) is 3.77. The van der Waals surface area contributed by atoms with Gasteiger partial charge in [-0.1, -0.05) is 0 Å². The SMILES string of the molecule is COc1cc(CN)cc(Oc2nccnc2C)c1. The molecule has 5 nitrogen and oxygen atoms in total. The van der Waals surface area contributed by atoms with Crippen LogP contribution in [0.1, 0.15) is 11.3 Å². The molecule has 0 spiro atoms. The number of nitrogens with zero attached hydrogens (tertiary/aromatic N) is 2. The summed E-state index contributed by atoms with van der Waals surface area (Å²) in [6.45, 7) is 2.26. The van der Waals surface area contributed by atoms with Gasteiger partial charge in [0.2, 0.25) is 5.88 Å². The van der Waals surface area contributed by atoms with E-state index < -0.39 is 0 Å². The number of hydrogen-bond acceptors (Lipinski definition) is 5. The van der Waals surface area contributed by atoms with Crippen LogP contribution in [0.4, 0.5) is 0 Å². The van der Waals surface area contributed by atoms with Gasteiger partial charge < -0.3 is 15.2 Å². The highest BCUT2D eigenvalue weighted by Crippen LogP contribution is 2.27. The molecule has 0 fully saturated rings. The van der Waals surface area contributed by atoms with Crippen LogP contribution in [0.5, 0.6) is 17.4 Å². The molecule has 0 atom stereocenters. The summed E-state index contributed by atoms with van der Waals surface area (Å²) in [7, 11) is 1.60. The van der Waals surface area contributed by atoms with E-state index in [4.69, 9.17) is 15.2 Å². The van der Waals surface area contributed by atoms with Crippen molar-refractivity contribution in [2.45, 2.75) is 13.5 Å². The Kier molecular flexibility index (Phi) is 3.74. The van der Waals surface area contributed by atoms with E-state index in [2.05, 4.69) is 9.97 Å². The standard InChI is InChI=1S/C13H15N3O2/c1-9-13(16-4-3-15-9)18-12-6-10(8-14)5-11(7-12)17-2/h3-7H,8,14H2,1-2H3. The second-order valence-corrected chi connectivity index (χ2v) is 3.77. The predicted octanol–water partition coefficient (Wildman–Crippen LogP) is 2.04. The van der Waals surface area contributed by atoms with E-state index in [-0.39, 0.29) is 0 Å². The van der Waals surface area contributed by atoms with Gasteiger partial charge in [0, 0.05) is 25.0 Å². The van der Waals surface area contributed by atoms with Crippen molar-refractivity contribution in [3.05, 3.63) is 41.9 Å². The third kappa shape index (κ3) is 2.75. The van der Waals surface area contributed by atoms with E-state index in [0.29, 0.717) is 23.9 Å². The van der Waals surface area contributed by atoms with Crippen molar-refractivity contribution in [2.75, 3.05) is 7.11 Å². The number of aryl methyl sites for hydroxylation is 1. The molecule has 0 radical (unpaired) electrons. The maximum absolute atomic E-state index is 5.68. The summed E-state index contributed by atoms with van der Waals surface area (Å²) in [5, 5.41) is 0. The van der Waals surface area contributed by atoms with Gasteiger partial charge in [-0.25, -0.2) is 4.98 Å². The molecule has 2 rings (SSSR count). The van der Waals surface area contributed by atoms with Crippen LogP contribution in [0, 0.1) is 6.92 Å². The molecule has 1 aromatic carbocycles. The fraction of sp³-hybridized carbons (Fsp3) is 0.231. The van der Waals surface area contributed by atoms with Crippen molar-refractivity contribution < 1.29 is 9.47 Å². The van der Waals surface area contributed by atoms with Gasteiger partial charge in [-0.05, 0) is 24.6 Å². The Morgan fingerprint density at radius 1 is 1.11 bits per heavy atom. The summed E-state index contributed by atoms with van der Waals surface area (Å²) in [5.74, 6) is 1.82. The topological polar surface area (TPSA) is 70.3 Å². The number of benzene rings is 1. The van der Waals surface area contributed by atoms with E-state index >= 15 is 0 Å². The highest BCUT2D eigenvalue weighted by atomic mass is 16.5. The summed E-state index contributed by atoms with van der Waals surface area (Å²) in [4.78, 5) is 8.24. The minimum Gasteiger partial charge on any atom is -0.497 e. The Balaban J connectivity index is 2.31. The number of rotatable bonds is 4. The van der Waals surface area contributed by atoms with E-state index in [1.807, 2.05) is 19.1 Å². The summed E-state index contributed by atoms with van der Waals surface area (Å²) in [6, 6.07) is 5.51. The van der Waals surface area contributed by atoms with E-state index in [1.165, 1.54) is 0 Å². The molecular formula is C13H15N3O2. The summed E-state index contributed by atoms with van der Waals surface area (Å²) < 4.78 is 10.9. The zero-order valence-corrected chi connectivity index (χ0v) is 10.4. The van der Waals surface area contributed by atoms with Crippen molar-refractivity contribution in [3.63, 3.8) is 0 Å². The van der Waals surface area contributed by atoms with Crippen molar-refractivity contribution in [1.82, 2.24) is 9.97 Å². The van der Waals surface area contributed by atoms with E-state index in [0.717, 1.165) is 11.3 Å². The Bertz CT molecular complexity index is 521. The molecule has 0 unspecified atom stereocenters. The zero-order valence-electron chi connectivity index (χ0n) is 10.4. The van der Waals surface area contributed by atoms with Crippen LogP contribution in [0.2, 0.25) is 0 Å². The smallest absolute Gasteiger partial charge is 0.240 e. The van der Waals surface area contributed by atoms with E-state index in [1.54, 1.807) is 25.6 Å². The molecule has 2 aromatic rings. The molecule has 5 heteroatoms. The highest BCUT2D eigenvalue weighted by Gasteiger charge is 2.06. The zero-order chi connectivity index (χ0) is 13.0. The summed E-state index contributed by atoms with van der Waals surface area (Å²) in [6.07, 6.45) is 3.21. The largest absolute Gasteiger partial charge is 0.497 e. The van der Waals surface area contributed by atoms with Gasteiger partial charge in [-0.15, -0.1) is 0 Å². The van der Waals surface area contributed by atoms with Crippen LogP contribution in [0.25, 0.3) is 0 Å². The molecule has 0 bridgehead atoms. The monoisotopic (exact) mass is 245 g/mol. The lowest BCUT2D eigenvalue weighted by Crippen LogP contribution is -1.99. The predicted molar refractivity (Wildman–Crippen MR) is 67.7 cm³/mol. The third-order valence-electron chi connectivity index (χ3n) is 2.46. The van der Waals surface area contributed by atoms with Gasteiger partial charge in [0.25, 0.3) is 0 Å². The second kappa shape index (κ2) is 5.46. The number of aromatic nitrogens is 2. The Hall–Kier alpha value is -2.14.